The molecule has 0 amide bonds. The normalized spacial score (nSPS) is 12.2. The van der Waals surface area contributed by atoms with Crippen molar-refractivity contribution < 1.29 is 8.42 Å². The number of hydrogen-bond acceptors (Lipinski definition) is 3. The summed E-state index contributed by atoms with van der Waals surface area (Å²) in [6.07, 6.45) is 1.65. The maximum Gasteiger partial charge on any atom is 0.182 e. The van der Waals surface area contributed by atoms with Crippen LogP contribution in [0.1, 0.15) is 19.4 Å². The minimum atomic E-state index is -3.28. The highest BCUT2D eigenvalue weighted by molar-refractivity contribution is 7.92. The van der Waals surface area contributed by atoms with Crippen LogP contribution in [-0.4, -0.2) is 18.7 Å². The molecule has 17 heavy (non-hydrogen) atoms. The second-order valence-electron chi connectivity index (χ2n) is 4.37. The van der Waals surface area contributed by atoms with E-state index in [4.69, 9.17) is 0 Å². The number of fused-ring (bicyclic) bond motifs is 1. The fourth-order valence-corrected chi connectivity index (χ4v) is 2.98. The van der Waals surface area contributed by atoms with Gasteiger partial charge in [0, 0.05) is 11.6 Å². The summed E-state index contributed by atoms with van der Waals surface area (Å²) in [5.41, 5.74) is 1.61. The quantitative estimate of drug-likeness (QED) is 0.822. The number of aryl methyl sites for hydroxylation is 1. The van der Waals surface area contributed by atoms with E-state index in [0.29, 0.717) is 10.4 Å². The predicted molar refractivity (Wildman–Crippen MR) is 68.8 cm³/mol. The van der Waals surface area contributed by atoms with Gasteiger partial charge in [0.15, 0.2) is 9.84 Å². The molecule has 0 saturated heterocycles. The SMILES string of the molecule is Cc1ccnc2c(S(=O)(=O)C(C)C)cccc12. The first-order chi connectivity index (χ1) is 7.94. The van der Waals surface area contributed by atoms with Crippen molar-refractivity contribution >= 4 is 20.7 Å². The van der Waals surface area contributed by atoms with Gasteiger partial charge >= 0.3 is 0 Å². The average molecular weight is 249 g/mol. The summed E-state index contributed by atoms with van der Waals surface area (Å²) >= 11 is 0. The molecule has 0 aliphatic rings. The van der Waals surface area contributed by atoms with E-state index in [-0.39, 0.29) is 0 Å². The van der Waals surface area contributed by atoms with Crippen LogP contribution >= 0.6 is 0 Å². The van der Waals surface area contributed by atoms with Crippen LogP contribution in [0.25, 0.3) is 10.9 Å². The first-order valence-electron chi connectivity index (χ1n) is 5.53. The molecule has 4 heteroatoms. The molecular formula is C13H15NO2S. The summed E-state index contributed by atoms with van der Waals surface area (Å²) in [6, 6.07) is 7.18. The second-order valence-corrected chi connectivity index (χ2v) is 6.85. The van der Waals surface area contributed by atoms with Gasteiger partial charge in [-0.1, -0.05) is 12.1 Å². The molecule has 0 aliphatic heterocycles. The molecule has 0 atom stereocenters. The minimum Gasteiger partial charge on any atom is -0.255 e. The molecule has 0 N–H and O–H groups in total. The molecule has 2 rings (SSSR count). The molecule has 0 spiro atoms. The number of pyridine rings is 1. The maximum absolute atomic E-state index is 12.2. The van der Waals surface area contributed by atoms with Gasteiger partial charge in [-0.25, -0.2) is 8.42 Å². The van der Waals surface area contributed by atoms with E-state index < -0.39 is 15.1 Å². The zero-order valence-corrected chi connectivity index (χ0v) is 11.0. The van der Waals surface area contributed by atoms with Crippen LogP contribution in [-0.2, 0) is 9.84 Å². The summed E-state index contributed by atoms with van der Waals surface area (Å²) in [5.74, 6) is 0. The molecular weight excluding hydrogens is 234 g/mol. The summed E-state index contributed by atoms with van der Waals surface area (Å²) in [5, 5.41) is 0.463. The first kappa shape index (κ1) is 12.0. The number of aromatic nitrogens is 1. The van der Waals surface area contributed by atoms with E-state index in [1.807, 2.05) is 19.1 Å². The van der Waals surface area contributed by atoms with E-state index in [9.17, 15) is 8.42 Å². The summed E-state index contributed by atoms with van der Waals surface area (Å²) in [7, 11) is -3.28. The molecule has 90 valence electrons. The minimum absolute atomic E-state index is 0.328. The smallest absolute Gasteiger partial charge is 0.182 e. The topological polar surface area (TPSA) is 47.0 Å². The molecule has 1 aromatic heterocycles. The number of nitrogens with zero attached hydrogens (tertiary/aromatic N) is 1. The number of benzene rings is 1. The van der Waals surface area contributed by atoms with E-state index in [2.05, 4.69) is 4.98 Å². The van der Waals surface area contributed by atoms with Gasteiger partial charge < -0.3 is 0 Å². The molecule has 0 aliphatic carbocycles. The van der Waals surface area contributed by atoms with Crippen LogP contribution in [0.3, 0.4) is 0 Å². The lowest BCUT2D eigenvalue weighted by Gasteiger charge is -2.10. The van der Waals surface area contributed by atoms with Crippen molar-refractivity contribution in [2.24, 2.45) is 0 Å². The molecule has 1 aromatic carbocycles. The van der Waals surface area contributed by atoms with Crippen molar-refractivity contribution in [1.29, 1.82) is 0 Å². The summed E-state index contributed by atoms with van der Waals surface area (Å²) in [4.78, 5) is 4.54. The van der Waals surface area contributed by atoms with Crippen LogP contribution in [0.15, 0.2) is 35.4 Å². The van der Waals surface area contributed by atoms with Crippen LogP contribution in [0.2, 0.25) is 0 Å². The Balaban J connectivity index is 2.85. The first-order valence-corrected chi connectivity index (χ1v) is 7.07. The fraction of sp³-hybridized carbons (Fsp3) is 0.308. The van der Waals surface area contributed by atoms with Gasteiger partial charge in [0.25, 0.3) is 0 Å². The van der Waals surface area contributed by atoms with Gasteiger partial charge in [-0.15, -0.1) is 0 Å². The molecule has 2 aromatic rings. The Kier molecular flexibility index (Phi) is 2.91. The van der Waals surface area contributed by atoms with Crippen molar-refractivity contribution in [3.05, 3.63) is 36.0 Å². The van der Waals surface area contributed by atoms with Gasteiger partial charge in [0.2, 0.25) is 0 Å². The van der Waals surface area contributed by atoms with Crippen molar-refractivity contribution in [3.8, 4) is 0 Å². The Morgan fingerprint density at radius 2 is 1.88 bits per heavy atom. The number of rotatable bonds is 2. The lowest BCUT2D eigenvalue weighted by Crippen LogP contribution is -2.14. The van der Waals surface area contributed by atoms with Gasteiger partial charge in [0.1, 0.15) is 0 Å². The Morgan fingerprint density at radius 3 is 2.53 bits per heavy atom. The summed E-state index contributed by atoms with van der Waals surface area (Å²) < 4.78 is 24.4. The number of sulfone groups is 1. The van der Waals surface area contributed by atoms with Crippen molar-refractivity contribution in [1.82, 2.24) is 4.98 Å². The van der Waals surface area contributed by atoms with Crippen molar-refractivity contribution in [2.75, 3.05) is 0 Å². The molecule has 0 unspecified atom stereocenters. The highest BCUT2D eigenvalue weighted by Crippen LogP contribution is 2.25. The van der Waals surface area contributed by atoms with Gasteiger partial charge in [-0.05, 0) is 38.5 Å². The standard InChI is InChI=1S/C13H15NO2S/c1-9(2)17(15,16)12-6-4-5-11-10(3)7-8-14-13(11)12/h4-9H,1-3H3. The zero-order valence-electron chi connectivity index (χ0n) is 10.1. The molecule has 1 heterocycles. The van der Waals surface area contributed by atoms with Gasteiger partial charge in [-0.3, -0.25) is 4.98 Å². The van der Waals surface area contributed by atoms with Gasteiger partial charge in [-0.2, -0.15) is 0 Å². The number of para-hydroxylation sites is 1. The van der Waals surface area contributed by atoms with Crippen molar-refractivity contribution in [2.45, 2.75) is 30.9 Å². The third-order valence-corrected chi connectivity index (χ3v) is 5.06. The van der Waals surface area contributed by atoms with E-state index in [1.165, 1.54) is 0 Å². The lowest BCUT2D eigenvalue weighted by atomic mass is 10.1. The van der Waals surface area contributed by atoms with Crippen molar-refractivity contribution in [3.63, 3.8) is 0 Å². The largest absolute Gasteiger partial charge is 0.255 e. The highest BCUT2D eigenvalue weighted by atomic mass is 32.2. The van der Waals surface area contributed by atoms with E-state index in [0.717, 1.165) is 10.9 Å². The lowest BCUT2D eigenvalue weighted by molar-refractivity contribution is 0.588. The van der Waals surface area contributed by atoms with E-state index in [1.54, 1.807) is 32.2 Å². The zero-order chi connectivity index (χ0) is 12.6. The monoisotopic (exact) mass is 249 g/mol. The predicted octanol–water partition coefficient (Wildman–Crippen LogP) is 2.73. The molecule has 0 saturated carbocycles. The molecule has 0 bridgehead atoms. The average Bonchev–Trinajstić information content (AvgIpc) is 2.28. The van der Waals surface area contributed by atoms with Gasteiger partial charge in [0.05, 0.1) is 15.7 Å². The second kappa shape index (κ2) is 4.11. The fourth-order valence-electron chi connectivity index (χ4n) is 1.77. The Labute approximate surface area is 101 Å². The highest BCUT2D eigenvalue weighted by Gasteiger charge is 2.22. The summed E-state index contributed by atoms with van der Waals surface area (Å²) in [6.45, 7) is 5.32. The van der Waals surface area contributed by atoms with Crippen LogP contribution in [0.4, 0.5) is 0 Å². The third-order valence-electron chi connectivity index (χ3n) is 2.88. The Hall–Kier alpha value is -1.42. The molecule has 0 fully saturated rings. The Bertz CT molecular complexity index is 660. The van der Waals surface area contributed by atoms with Crippen LogP contribution in [0.5, 0.6) is 0 Å². The Morgan fingerprint density at radius 1 is 1.18 bits per heavy atom. The van der Waals surface area contributed by atoms with E-state index >= 15 is 0 Å². The number of hydrogen-bond donors (Lipinski definition) is 0. The molecule has 3 nitrogen and oxygen atoms in total. The third kappa shape index (κ3) is 1.93. The maximum atomic E-state index is 12.2. The van der Waals surface area contributed by atoms with Crippen LogP contribution < -0.4 is 0 Å². The molecule has 0 radical (unpaired) electrons. The van der Waals surface area contributed by atoms with Crippen LogP contribution in [0, 0.1) is 6.92 Å².